The number of aliphatic hydroxyl groups is 1. The van der Waals surface area contributed by atoms with Crippen LogP contribution in [0.15, 0.2) is 30.3 Å². The summed E-state index contributed by atoms with van der Waals surface area (Å²) in [6, 6.07) is 8.60. The van der Waals surface area contributed by atoms with E-state index in [2.05, 4.69) is 19.2 Å². The Kier molecular flexibility index (Phi) is 8.42. The minimum absolute atomic E-state index is 0.0930. The molecule has 2 N–H and O–H groups in total. The molecule has 2 aromatic carbocycles. The van der Waals surface area contributed by atoms with Crippen LogP contribution in [0.2, 0.25) is 10.0 Å². The lowest BCUT2D eigenvalue weighted by Gasteiger charge is -2.16. The normalized spacial score (nSPS) is 10.8. The van der Waals surface area contributed by atoms with Crippen molar-refractivity contribution in [1.82, 2.24) is 5.32 Å². The van der Waals surface area contributed by atoms with Gasteiger partial charge in [0.25, 0.3) is 5.91 Å². The van der Waals surface area contributed by atoms with Crippen molar-refractivity contribution in [3.05, 3.63) is 51.5 Å². The molecule has 0 atom stereocenters. The maximum absolute atomic E-state index is 12.4. The van der Waals surface area contributed by atoms with Crippen molar-refractivity contribution in [1.29, 1.82) is 0 Å². The van der Waals surface area contributed by atoms with Gasteiger partial charge in [0.15, 0.2) is 5.75 Å². The number of carbonyl (C=O) groups excluding carboxylic acids is 1. The number of nitrogens with one attached hydrogen (secondary N) is 1. The fourth-order valence-corrected chi connectivity index (χ4v) is 3.21. The van der Waals surface area contributed by atoms with Crippen molar-refractivity contribution in [3.8, 4) is 17.2 Å². The molecule has 0 heterocycles. The number of amides is 1. The second-order valence-corrected chi connectivity index (χ2v) is 7.37. The fraction of sp³-hybridized carbons (Fsp3) is 0.381. The zero-order valence-electron chi connectivity index (χ0n) is 16.2. The predicted octanol–water partition coefficient (Wildman–Crippen LogP) is 5.42. The molecule has 0 saturated heterocycles. The Balaban J connectivity index is 2.26. The van der Waals surface area contributed by atoms with Crippen LogP contribution in [0.4, 0.5) is 0 Å². The number of unbranched alkanes of at least 4 members (excludes halogenated alkanes) is 1. The highest BCUT2D eigenvalue weighted by atomic mass is 35.5. The number of hydrogen-bond acceptors (Lipinski definition) is 4. The smallest absolute Gasteiger partial charge is 0.252 e. The Bertz CT molecular complexity index is 824. The third-order valence-electron chi connectivity index (χ3n) is 4.21. The number of halogens is 2. The Morgan fingerprint density at radius 2 is 1.93 bits per heavy atom. The van der Waals surface area contributed by atoms with E-state index in [0.29, 0.717) is 30.2 Å². The summed E-state index contributed by atoms with van der Waals surface area (Å²) in [7, 11) is 1.62. The van der Waals surface area contributed by atoms with E-state index in [1.165, 1.54) is 0 Å². The van der Waals surface area contributed by atoms with Gasteiger partial charge in [-0.3, -0.25) is 4.79 Å². The van der Waals surface area contributed by atoms with Crippen LogP contribution in [0.25, 0.3) is 0 Å². The molecule has 2 rings (SSSR count). The first-order valence-electron chi connectivity index (χ1n) is 9.11. The van der Waals surface area contributed by atoms with E-state index in [0.717, 1.165) is 11.3 Å². The number of aliphatic hydroxyl groups excluding tert-OH is 1. The first-order valence-corrected chi connectivity index (χ1v) is 9.87. The molecule has 0 unspecified atom stereocenters. The van der Waals surface area contributed by atoms with Crippen LogP contribution in [0.5, 0.6) is 17.2 Å². The number of benzene rings is 2. The molecule has 0 bridgehead atoms. The molecular formula is C21H25Cl2NO4. The second-order valence-electron chi connectivity index (χ2n) is 6.59. The van der Waals surface area contributed by atoms with Crippen LogP contribution in [0, 0.1) is 0 Å². The highest BCUT2D eigenvalue weighted by Gasteiger charge is 2.19. The van der Waals surface area contributed by atoms with Crippen molar-refractivity contribution in [3.63, 3.8) is 0 Å². The minimum atomic E-state index is -0.318. The lowest BCUT2D eigenvalue weighted by Crippen LogP contribution is -2.25. The lowest BCUT2D eigenvalue weighted by atomic mass is 10.0. The zero-order valence-corrected chi connectivity index (χ0v) is 17.7. The van der Waals surface area contributed by atoms with Crippen molar-refractivity contribution < 1.29 is 19.4 Å². The summed E-state index contributed by atoms with van der Waals surface area (Å²) in [6.07, 6.45) is 1.30. The van der Waals surface area contributed by atoms with Gasteiger partial charge in [-0.25, -0.2) is 0 Å². The summed E-state index contributed by atoms with van der Waals surface area (Å²) in [5.41, 5.74) is 1.27. The topological polar surface area (TPSA) is 67.8 Å². The summed E-state index contributed by atoms with van der Waals surface area (Å²) in [4.78, 5) is 12.4. The molecule has 0 fully saturated rings. The van der Waals surface area contributed by atoms with E-state index in [9.17, 15) is 4.79 Å². The maximum Gasteiger partial charge on any atom is 0.252 e. The van der Waals surface area contributed by atoms with Crippen molar-refractivity contribution >= 4 is 29.1 Å². The first kappa shape index (κ1) is 22.3. The summed E-state index contributed by atoms with van der Waals surface area (Å²) in [5.74, 6) is 1.47. The largest absolute Gasteiger partial charge is 0.496 e. The van der Waals surface area contributed by atoms with Crippen LogP contribution in [0.1, 0.15) is 48.5 Å². The van der Waals surface area contributed by atoms with Gasteiger partial charge in [-0.15, -0.1) is 0 Å². The molecule has 0 spiro atoms. The molecule has 5 nitrogen and oxygen atoms in total. The van der Waals surface area contributed by atoms with Gasteiger partial charge in [0, 0.05) is 18.7 Å². The molecule has 0 aliphatic rings. The standard InChI is InChI=1S/C21H25Cl2NO4/c1-13(2)16-12-14(6-9-18(16)27-3)28-20-17(22)8-7-15(19(20)23)21(26)24-10-4-5-11-25/h6-9,12-13,25H,4-5,10-11H2,1-3H3,(H,24,26). The summed E-state index contributed by atoms with van der Waals surface area (Å²) in [5, 5.41) is 12.0. The van der Waals surface area contributed by atoms with E-state index in [1.807, 2.05) is 12.1 Å². The minimum Gasteiger partial charge on any atom is -0.496 e. The second kappa shape index (κ2) is 10.6. The summed E-state index contributed by atoms with van der Waals surface area (Å²) >= 11 is 12.7. The van der Waals surface area contributed by atoms with Gasteiger partial charge >= 0.3 is 0 Å². The van der Waals surface area contributed by atoms with Gasteiger partial charge in [0.05, 0.1) is 22.7 Å². The molecule has 2 aromatic rings. The number of methoxy groups -OCH3 is 1. The quantitative estimate of drug-likeness (QED) is 0.526. The Labute approximate surface area is 175 Å². The molecule has 0 radical (unpaired) electrons. The molecule has 28 heavy (non-hydrogen) atoms. The number of carbonyl (C=O) groups is 1. The van der Waals surface area contributed by atoms with E-state index in [4.69, 9.17) is 37.8 Å². The molecular weight excluding hydrogens is 401 g/mol. The molecule has 0 aliphatic carbocycles. The number of rotatable bonds is 9. The summed E-state index contributed by atoms with van der Waals surface area (Å²) < 4.78 is 11.3. The third kappa shape index (κ3) is 5.53. The Morgan fingerprint density at radius 3 is 2.57 bits per heavy atom. The third-order valence-corrected chi connectivity index (χ3v) is 4.88. The zero-order chi connectivity index (χ0) is 20.7. The van der Waals surface area contributed by atoms with Gasteiger partial charge in [0.1, 0.15) is 11.5 Å². The predicted molar refractivity (Wildman–Crippen MR) is 112 cm³/mol. The first-order chi connectivity index (χ1) is 13.4. The van der Waals surface area contributed by atoms with Gasteiger partial charge in [-0.2, -0.15) is 0 Å². The highest BCUT2D eigenvalue weighted by molar-refractivity contribution is 6.39. The van der Waals surface area contributed by atoms with E-state index in [1.54, 1.807) is 25.3 Å². The average Bonchev–Trinajstić information content (AvgIpc) is 2.68. The molecule has 152 valence electrons. The van der Waals surface area contributed by atoms with Crippen LogP contribution in [-0.4, -0.2) is 31.3 Å². The van der Waals surface area contributed by atoms with Gasteiger partial charge in [-0.1, -0.05) is 37.0 Å². The Hall–Kier alpha value is -1.95. The van der Waals surface area contributed by atoms with E-state index >= 15 is 0 Å². The monoisotopic (exact) mass is 425 g/mol. The van der Waals surface area contributed by atoms with E-state index < -0.39 is 0 Å². The average molecular weight is 426 g/mol. The van der Waals surface area contributed by atoms with Crippen molar-refractivity contribution in [2.75, 3.05) is 20.3 Å². The lowest BCUT2D eigenvalue weighted by molar-refractivity contribution is 0.0952. The van der Waals surface area contributed by atoms with Crippen molar-refractivity contribution in [2.45, 2.75) is 32.6 Å². The maximum atomic E-state index is 12.4. The highest BCUT2D eigenvalue weighted by Crippen LogP contribution is 2.40. The van der Waals surface area contributed by atoms with E-state index in [-0.39, 0.29) is 34.8 Å². The molecule has 0 aromatic heterocycles. The number of ether oxygens (including phenoxy) is 2. The molecule has 7 heteroatoms. The van der Waals surface area contributed by atoms with Crippen molar-refractivity contribution in [2.24, 2.45) is 0 Å². The summed E-state index contributed by atoms with van der Waals surface area (Å²) in [6.45, 7) is 4.66. The van der Waals surface area contributed by atoms with Crippen LogP contribution < -0.4 is 14.8 Å². The van der Waals surface area contributed by atoms with Crippen LogP contribution in [-0.2, 0) is 0 Å². The number of hydrogen-bond donors (Lipinski definition) is 2. The molecule has 1 amide bonds. The van der Waals surface area contributed by atoms with Crippen LogP contribution in [0.3, 0.4) is 0 Å². The SMILES string of the molecule is COc1ccc(Oc2c(Cl)ccc(C(=O)NCCCCO)c2Cl)cc1C(C)C. The molecule has 0 aliphatic heterocycles. The van der Waals surface area contributed by atoms with Gasteiger partial charge < -0.3 is 19.9 Å². The van der Waals surface area contributed by atoms with Gasteiger partial charge in [-0.05, 0) is 49.1 Å². The fourth-order valence-electron chi connectivity index (χ4n) is 2.68. The molecule has 0 saturated carbocycles. The van der Waals surface area contributed by atoms with Gasteiger partial charge in [0.2, 0.25) is 0 Å². The van der Waals surface area contributed by atoms with Crippen LogP contribution >= 0.6 is 23.2 Å². The Morgan fingerprint density at radius 1 is 1.18 bits per heavy atom.